The number of amides is 1. The van der Waals surface area contributed by atoms with E-state index in [2.05, 4.69) is 4.90 Å². The van der Waals surface area contributed by atoms with Crippen LogP contribution < -0.4 is 14.4 Å². The van der Waals surface area contributed by atoms with Crippen molar-refractivity contribution in [3.05, 3.63) is 102 Å². The highest BCUT2D eigenvalue weighted by atomic mass is 35.5. The highest BCUT2D eigenvalue weighted by Gasteiger charge is 2.23. The maximum atomic E-state index is 13.0. The molecule has 1 saturated heterocycles. The van der Waals surface area contributed by atoms with Gasteiger partial charge in [0.15, 0.2) is 6.61 Å². The Morgan fingerprint density at radius 2 is 1.33 bits per heavy atom. The van der Waals surface area contributed by atoms with Crippen molar-refractivity contribution in [2.24, 2.45) is 0 Å². The number of piperazine rings is 1. The minimum Gasteiger partial charge on any atom is -0.497 e. The lowest BCUT2D eigenvalue weighted by Crippen LogP contribution is -2.49. The molecule has 4 aromatic carbocycles. The normalized spacial score (nSPS) is 13.0. The Morgan fingerprint density at radius 1 is 0.733 bits per heavy atom. The first-order valence-corrected chi connectivity index (χ1v) is 14.9. The highest BCUT2D eigenvalue weighted by Crippen LogP contribution is 2.33. The first kappa shape index (κ1) is 29.9. The molecule has 0 bridgehead atoms. The molecule has 9 nitrogen and oxygen atoms in total. The summed E-state index contributed by atoms with van der Waals surface area (Å²) in [6.45, 7) is 2.04. The highest BCUT2D eigenvalue weighted by molar-refractivity contribution is 6.30. The number of halogens is 1. The Hall–Kier alpha value is -5.15. The fourth-order valence-corrected chi connectivity index (χ4v) is 5.45. The predicted octanol–water partition coefficient (Wildman–Crippen LogP) is 6.14. The molecule has 0 spiro atoms. The van der Waals surface area contributed by atoms with Crippen molar-refractivity contribution in [1.82, 2.24) is 14.9 Å². The van der Waals surface area contributed by atoms with E-state index in [1.54, 1.807) is 37.3 Å². The molecule has 2 heterocycles. The second-order valence-electron chi connectivity index (χ2n) is 10.5. The fraction of sp³-hybridized carbons (Fsp3) is 0.200. The van der Waals surface area contributed by atoms with E-state index in [1.165, 1.54) is 0 Å². The Bertz CT molecular complexity index is 1840. The molecule has 5 aromatic rings. The monoisotopic (exact) mass is 622 g/mol. The van der Waals surface area contributed by atoms with Crippen LogP contribution in [0.1, 0.15) is 10.4 Å². The average Bonchev–Trinajstić information content (AvgIpc) is 3.09. The van der Waals surface area contributed by atoms with Crippen LogP contribution in [0.25, 0.3) is 33.5 Å². The minimum atomic E-state index is -0.602. The third-order valence-corrected chi connectivity index (χ3v) is 7.99. The van der Waals surface area contributed by atoms with Crippen LogP contribution in [0.15, 0.2) is 91.0 Å². The maximum Gasteiger partial charge on any atom is 0.338 e. The number of methoxy groups -OCH3 is 2. The lowest BCUT2D eigenvalue weighted by atomic mass is 10.0. The summed E-state index contributed by atoms with van der Waals surface area (Å²) >= 11 is 6.13. The molecule has 45 heavy (non-hydrogen) atoms. The molecule has 0 radical (unpaired) electrons. The quantitative estimate of drug-likeness (QED) is 0.191. The number of rotatable bonds is 8. The molecule has 228 valence electrons. The smallest absolute Gasteiger partial charge is 0.338 e. The third-order valence-electron chi connectivity index (χ3n) is 7.76. The number of carbonyl (C=O) groups excluding carboxylic acids is 2. The molecule has 6 rings (SSSR count). The first-order chi connectivity index (χ1) is 21.9. The van der Waals surface area contributed by atoms with E-state index in [4.69, 9.17) is 35.8 Å². The Balaban J connectivity index is 1.18. The SMILES string of the molecule is COc1ccc(-c2nc3ccc(C(=O)OCC(=O)N4CCN(c5cccc(Cl)c5)CC4)cc3nc2-c2ccc(OC)cc2)cc1. The third kappa shape index (κ3) is 6.68. The van der Waals surface area contributed by atoms with Gasteiger partial charge >= 0.3 is 5.97 Å². The number of anilines is 1. The van der Waals surface area contributed by atoms with Crippen LogP contribution in [0.3, 0.4) is 0 Å². The summed E-state index contributed by atoms with van der Waals surface area (Å²) in [5, 5.41) is 0.673. The lowest BCUT2D eigenvalue weighted by molar-refractivity contribution is -0.134. The Labute approximate surface area is 265 Å². The van der Waals surface area contributed by atoms with E-state index in [9.17, 15) is 9.59 Å². The van der Waals surface area contributed by atoms with Crippen LogP contribution in [-0.4, -0.2) is 73.7 Å². The zero-order valence-corrected chi connectivity index (χ0v) is 25.7. The van der Waals surface area contributed by atoms with Gasteiger partial charge < -0.3 is 24.0 Å². The summed E-state index contributed by atoms with van der Waals surface area (Å²) in [6.07, 6.45) is 0. The van der Waals surface area contributed by atoms with Gasteiger partial charge in [0.05, 0.1) is 42.2 Å². The van der Waals surface area contributed by atoms with Crippen molar-refractivity contribution in [3.63, 3.8) is 0 Å². The number of fused-ring (bicyclic) bond motifs is 1. The molecule has 1 aliphatic heterocycles. The summed E-state index contributed by atoms with van der Waals surface area (Å²) < 4.78 is 16.1. The van der Waals surface area contributed by atoms with Crippen LogP contribution in [0.5, 0.6) is 11.5 Å². The zero-order valence-electron chi connectivity index (χ0n) is 24.9. The standard InChI is InChI=1S/C35H31ClN4O5/c1-43-28-11-6-23(7-12-28)33-34(24-8-13-29(44-2)14-9-24)38-31-20-25(10-15-30(31)37-33)35(42)45-22-32(41)40-18-16-39(17-19-40)27-5-3-4-26(36)21-27/h3-15,20-21H,16-19,22H2,1-2H3. The second-order valence-corrected chi connectivity index (χ2v) is 10.9. The van der Waals surface area contributed by atoms with Crippen LogP contribution in [0, 0.1) is 0 Å². The summed E-state index contributed by atoms with van der Waals surface area (Å²) in [5.41, 5.74) is 5.48. The van der Waals surface area contributed by atoms with Gasteiger partial charge in [-0.25, -0.2) is 14.8 Å². The summed E-state index contributed by atoms with van der Waals surface area (Å²) in [7, 11) is 3.24. The number of hydrogen-bond donors (Lipinski definition) is 0. The topological polar surface area (TPSA) is 94.1 Å². The summed E-state index contributed by atoms with van der Waals surface area (Å²) in [6, 6.07) is 27.8. The van der Waals surface area contributed by atoms with Crippen LogP contribution in [-0.2, 0) is 9.53 Å². The van der Waals surface area contributed by atoms with Crippen LogP contribution >= 0.6 is 11.6 Å². The number of nitrogens with zero attached hydrogens (tertiary/aromatic N) is 4. The van der Waals surface area contributed by atoms with Crippen molar-refractivity contribution in [3.8, 4) is 34.0 Å². The van der Waals surface area contributed by atoms with Crippen molar-refractivity contribution in [2.45, 2.75) is 0 Å². The largest absolute Gasteiger partial charge is 0.497 e. The molecular formula is C35H31ClN4O5. The first-order valence-electron chi connectivity index (χ1n) is 14.5. The number of ether oxygens (including phenoxy) is 3. The molecule has 1 fully saturated rings. The van der Waals surface area contributed by atoms with E-state index in [0.717, 1.165) is 28.3 Å². The molecule has 0 N–H and O–H groups in total. The molecular weight excluding hydrogens is 592 g/mol. The number of benzene rings is 4. The number of aromatic nitrogens is 2. The van der Waals surface area contributed by atoms with E-state index in [1.807, 2.05) is 72.8 Å². The van der Waals surface area contributed by atoms with E-state index < -0.39 is 5.97 Å². The van der Waals surface area contributed by atoms with E-state index in [0.29, 0.717) is 53.6 Å². The Morgan fingerprint density at radius 3 is 1.91 bits per heavy atom. The van der Waals surface area contributed by atoms with E-state index >= 15 is 0 Å². The van der Waals surface area contributed by atoms with Gasteiger partial charge in [-0.1, -0.05) is 17.7 Å². The summed E-state index contributed by atoms with van der Waals surface area (Å²) in [5.74, 6) is 0.622. The molecule has 1 amide bonds. The molecule has 0 unspecified atom stereocenters. The molecule has 0 aliphatic carbocycles. The van der Waals surface area contributed by atoms with Crippen molar-refractivity contribution in [2.75, 3.05) is 51.9 Å². The lowest BCUT2D eigenvalue weighted by Gasteiger charge is -2.36. The molecule has 10 heteroatoms. The van der Waals surface area contributed by atoms with Crippen molar-refractivity contribution >= 4 is 40.2 Å². The number of esters is 1. The van der Waals surface area contributed by atoms with E-state index in [-0.39, 0.29) is 18.1 Å². The van der Waals surface area contributed by atoms with Crippen molar-refractivity contribution in [1.29, 1.82) is 0 Å². The Kier molecular flexibility index (Phi) is 8.79. The van der Waals surface area contributed by atoms with Gasteiger partial charge in [0.1, 0.15) is 11.5 Å². The molecule has 1 aliphatic rings. The molecule has 0 saturated carbocycles. The molecule has 0 atom stereocenters. The van der Waals surface area contributed by atoms with Gasteiger partial charge in [0.2, 0.25) is 0 Å². The average molecular weight is 623 g/mol. The minimum absolute atomic E-state index is 0.236. The van der Waals surface area contributed by atoms with Gasteiger partial charge in [-0.3, -0.25) is 4.79 Å². The predicted molar refractivity (Wildman–Crippen MR) is 174 cm³/mol. The van der Waals surface area contributed by atoms with Gasteiger partial charge in [-0.2, -0.15) is 0 Å². The molecule has 1 aromatic heterocycles. The van der Waals surface area contributed by atoms with Gasteiger partial charge in [-0.15, -0.1) is 0 Å². The number of hydrogen-bond acceptors (Lipinski definition) is 8. The maximum absolute atomic E-state index is 13.0. The van der Waals surface area contributed by atoms with Crippen LogP contribution in [0.4, 0.5) is 5.69 Å². The van der Waals surface area contributed by atoms with Gasteiger partial charge in [0.25, 0.3) is 5.91 Å². The summed E-state index contributed by atoms with van der Waals surface area (Å²) in [4.78, 5) is 39.7. The van der Waals surface area contributed by atoms with Gasteiger partial charge in [-0.05, 0) is 84.9 Å². The number of carbonyl (C=O) groups is 2. The fourth-order valence-electron chi connectivity index (χ4n) is 5.27. The van der Waals surface area contributed by atoms with Crippen LogP contribution in [0.2, 0.25) is 5.02 Å². The van der Waals surface area contributed by atoms with Gasteiger partial charge in [0, 0.05) is 48.0 Å². The van der Waals surface area contributed by atoms with Crippen molar-refractivity contribution < 1.29 is 23.8 Å². The zero-order chi connectivity index (χ0) is 31.3. The second kappa shape index (κ2) is 13.2.